The predicted octanol–water partition coefficient (Wildman–Crippen LogP) is -0.781. The summed E-state index contributed by atoms with van der Waals surface area (Å²) in [5.74, 6) is 0.160. The number of aromatic nitrogens is 1. The molecule has 0 aliphatic carbocycles. The van der Waals surface area contributed by atoms with Crippen LogP contribution in [-0.2, 0) is 7.05 Å². The first-order valence-electron chi connectivity index (χ1n) is 3.87. The molecule has 0 bridgehead atoms. The molecule has 1 aromatic heterocycles. The third kappa shape index (κ3) is 2.74. The van der Waals surface area contributed by atoms with Crippen molar-refractivity contribution >= 4 is 12.2 Å². The van der Waals surface area contributed by atoms with Crippen molar-refractivity contribution in [3.63, 3.8) is 0 Å². The van der Waals surface area contributed by atoms with Crippen LogP contribution in [0.2, 0.25) is 0 Å². The number of carbonyl (C=O) groups is 1. The summed E-state index contributed by atoms with van der Waals surface area (Å²) < 4.78 is 1.65. The van der Waals surface area contributed by atoms with Crippen LogP contribution in [0.15, 0.2) is 23.4 Å². The van der Waals surface area contributed by atoms with E-state index in [4.69, 9.17) is 10.8 Å². The number of primary amides is 1. The Balaban J connectivity index is 2.76. The van der Waals surface area contributed by atoms with Crippen LogP contribution in [-0.4, -0.2) is 17.4 Å². The standard InChI is InChI=1S/C8H10N4O2/c1-12-5-7(13)3-2-6(12)4-10-11-8(9)14/h2-5H,1H3,(H3,9,13,14)/p+1. The minimum absolute atomic E-state index is 0.160. The van der Waals surface area contributed by atoms with Crippen molar-refractivity contribution in [1.29, 1.82) is 0 Å². The summed E-state index contributed by atoms with van der Waals surface area (Å²) in [6.07, 6.45) is 2.94. The number of hydrogen-bond donors (Lipinski definition) is 3. The molecule has 0 saturated carbocycles. The van der Waals surface area contributed by atoms with Crippen LogP contribution < -0.4 is 15.7 Å². The normalized spacial score (nSPS) is 10.4. The average molecular weight is 195 g/mol. The highest BCUT2D eigenvalue weighted by Gasteiger charge is 2.03. The monoisotopic (exact) mass is 195 g/mol. The molecular weight excluding hydrogens is 184 g/mol. The topological polar surface area (TPSA) is 91.6 Å². The smallest absolute Gasteiger partial charge is 0.332 e. The first-order valence-corrected chi connectivity index (χ1v) is 3.87. The van der Waals surface area contributed by atoms with Gasteiger partial charge in [-0.2, -0.15) is 9.67 Å². The zero-order valence-electron chi connectivity index (χ0n) is 7.64. The first-order chi connectivity index (χ1) is 6.59. The minimum atomic E-state index is -0.720. The molecular formula is C8H11N4O2+. The summed E-state index contributed by atoms with van der Waals surface area (Å²) in [5.41, 5.74) is 7.60. The lowest BCUT2D eigenvalue weighted by molar-refractivity contribution is -0.672. The average Bonchev–Trinajstić information content (AvgIpc) is 2.08. The maximum absolute atomic E-state index is 10.3. The summed E-state index contributed by atoms with van der Waals surface area (Å²) in [6, 6.07) is 2.45. The second-order valence-corrected chi connectivity index (χ2v) is 2.66. The van der Waals surface area contributed by atoms with Crippen LogP contribution in [0.3, 0.4) is 0 Å². The fourth-order valence-electron chi connectivity index (χ4n) is 0.900. The van der Waals surface area contributed by atoms with Gasteiger partial charge in [-0.15, -0.1) is 0 Å². The highest BCUT2D eigenvalue weighted by atomic mass is 16.3. The third-order valence-corrected chi connectivity index (χ3v) is 1.53. The first kappa shape index (κ1) is 9.97. The van der Waals surface area contributed by atoms with Gasteiger partial charge in [0, 0.05) is 6.07 Å². The van der Waals surface area contributed by atoms with Crippen molar-refractivity contribution in [1.82, 2.24) is 5.43 Å². The van der Waals surface area contributed by atoms with E-state index in [0.717, 1.165) is 5.69 Å². The van der Waals surface area contributed by atoms with Gasteiger partial charge in [0.25, 0.3) is 0 Å². The van der Waals surface area contributed by atoms with E-state index < -0.39 is 6.03 Å². The van der Waals surface area contributed by atoms with Crippen molar-refractivity contribution in [2.24, 2.45) is 17.9 Å². The zero-order chi connectivity index (χ0) is 10.6. The number of aryl methyl sites for hydroxylation is 1. The zero-order valence-corrected chi connectivity index (χ0v) is 7.64. The Bertz CT molecular complexity index is 376. The van der Waals surface area contributed by atoms with E-state index in [1.54, 1.807) is 17.7 Å². The molecule has 0 radical (unpaired) electrons. The molecule has 0 aliphatic heterocycles. The van der Waals surface area contributed by atoms with Gasteiger partial charge in [-0.05, 0) is 6.07 Å². The fourth-order valence-corrected chi connectivity index (χ4v) is 0.900. The van der Waals surface area contributed by atoms with Crippen molar-refractivity contribution in [2.45, 2.75) is 0 Å². The van der Waals surface area contributed by atoms with E-state index >= 15 is 0 Å². The van der Waals surface area contributed by atoms with Crippen molar-refractivity contribution < 1.29 is 14.5 Å². The van der Waals surface area contributed by atoms with Gasteiger partial charge in [-0.1, -0.05) is 0 Å². The summed E-state index contributed by atoms with van der Waals surface area (Å²) in [6.45, 7) is 0. The number of aromatic hydroxyl groups is 1. The second kappa shape index (κ2) is 4.22. The number of urea groups is 1. The quantitative estimate of drug-likeness (QED) is 0.328. The Labute approximate surface area is 80.7 Å². The molecule has 0 aliphatic rings. The lowest BCUT2D eigenvalue weighted by Crippen LogP contribution is -2.33. The van der Waals surface area contributed by atoms with Gasteiger partial charge < -0.3 is 10.8 Å². The second-order valence-electron chi connectivity index (χ2n) is 2.66. The predicted molar refractivity (Wildman–Crippen MR) is 49.6 cm³/mol. The molecule has 0 unspecified atom stereocenters. The van der Waals surface area contributed by atoms with Gasteiger partial charge in [-0.3, -0.25) is 0 Å². The van der Waals surface area contributed by atoms with E-state index in [0.29, 0.717) is 0 Å². The Hall–Kier alpha value is -2.11. The van der Waals surface area contributed by atoms with Gasteiger partial charge in [-0.25, -0.2) is 10.2 Å². The van der Waals surface area contributed by atoms with Gasteiger partial charge >= 0.3 is 6.03 Å². The van der Waals surface area contributed by atoms with Gasteiger partial charge in [0.1, 0.15) is 13.3 Å². The van der Waals surface area contributed by atoms with E-state index in [1.807, 2.05) is 0 Å². The maximum atomic E-state index is 10.3. The number of hydrazone groups is 1. The summed E-state index contributed by atoms with van der Waals surface area (Å²) in [5, 5.41) is 12.7. The molecule has 6 heteroatoms. The van der Waals surface area contributed by atoms with Crippen molar-refractivity contribution in [2.75, 3.05) is 0 Å². The highest BCUT2D eigenvalue weighted by molar-refractivity contribution is 5.78. The number of pyridine rings is 1. The molecule has 0 saturated heterocycles. The molecule has 74 valence electrons. The number of hydrogen-bond acceptors (Lipinski definition) is 3. The number of nitrogens with one attached hydrogen (secondary N) is 1. The van der Waals surface area contributed by atoms with Gasteiger partial charge in [0.2, 0.25) is 11.9 Å². The Morgan fingerprint density at radius 3 is 3.00 bits per heavy atom. The van der Waals surface area contributed by atoms with Crippen LogP contribution in [0.25, 0.3) is 0 Å². The van der Waals surface area contributed by atoms with E-state index in [2.05, 4.69) is 10.5 Å². The maximum Gasteiger partial charge on any atom is 0.332 e. The van der Waals surface area contributed by atoms with Crippen molar-refractivity contribution in [3.05, 3.63) is 24.0 Å². The SMILES string of the molecule is C[n+]1cc(O)ccc1/C=N/NC(N)=O. The number of nitrogens with zero attached hydrogens (tertiary/aromatic N) is 2. The number of nitrogens with two attached hydrogens (primary N) is 1. The van der Waals surface area contributed by atoms with Crippen LogP contribution in [0.4, 0.5) is 4.79 Å². The summed E-state index contributed by atoms with van der Waals surface area (Å²) in [4.78, 5) is 10.3. The molecule has 0 atom stereocenters. The lowest BCUT2D eigenvalue weighted by Gasteiger charge is -1.94. The Morgan fingerprint density at radius 2 is 2.43 bits per heavy atom. The van der Waals surface area contributed by atoms with E-state index in [9.17, 15) is 4.79 Å². The van der Waals surface area contributed by atoms with Crippen LogP contribution in [0.1, 0.15) is 5.69 Å². The molecule has 1 rings (SSSR count). The fraction of sp³-hybridized carbons (Fsp3) is 0.125. The molecule has 1 heterocycles. The van der Waals surface area contributed by atoms with E-state index in [1.165, 1.54) is 18.5 Å². The van der Waals surface area contributed by atoms with Crippen molar-refractivity contribution in [3.8, 4) is 5.75 Å². The molecule has 0 fully saturated rings. The molecule has 0 spiro atoms. The molecule has 4 N–H and O–H groups in total. The molecule has 0 aromatic carbocycles. The summed E-state index contributed by atoms with van der Waals surface area (Å²) in [7, 11) is 1.74. The number of rotatable bonds is 2. The highest BCUT2D eigenvalue weighted by Crippen LogP contribution is 2.02. The Kier molecular flexibility index (Phi) is 3.01. The van der Waals surface area contributed by atoms with Gasteiger partial charge in [0.05, 0.1) is 0 Å². The summed E-state index contributed by atoms with van der Waals surface area (Å²) >= 11 is 0. The van der Waals surface area contributed by atoms with Crippen LogP contribution in [0.5, 0.6) is 5.75 Å². The molecule has 14 heavy (non-hydrogen) atoms. The van der Waals surface area contributed by atoms with Gasteiger partial charge in [0.15, 0.2) is 5.75 Å². The van der Waals surface area contributed by atoms with E-state index in [-0.39, 0.29) is 5.75 Å². The Morgan fingerprint density at radius 1 is 1.71 bits per heavy atom. The molecule has 6 nitrogen and oxygen atoms in total. The lowest BCUT2D eigenvalue weighted by atomic mass is 10.3. The largest absolute Gasteiger partial charge is 0.503 e. The number of carbonyl (C=O) groups excluding carboxylic acids is 1. The minimum Gasteiger partial charge on any atom is -0.503 e. The third-order valence-electron chi connectivity index (χ3n) is 1.53. The number of amides is 2. The molecule has 1 aromatic rings. The van der Waals surface area contributed by atoms with Crippen LogP contribution >= 0.6 is 0 Å². The molecule has 2 amide bonds. The van der Waals surface area contributed by atoms with Crippen LogP contribution in [0, 0.1) is 0 Å².